The normalized spacial score (nSPS) is 21.1. The average molecular weight is 268 g/mol. The molecule has 5 heteroatoms. The Labute approximate surface area is 111 Å². The molecule has 1 fully saturated rings. The van der Waals surface area contributed by atoms with Crippen LogP contribution < -0.4 is 10.6 Å². The van der Waals surface area contributed by atoms with Gasteiger partial charge in [-0.25, -0.2) is 8.78 Å². The van der Waals surface area contributed by atoms with E-state index in [2.05, 4.69) is 17.6 Å². The fourth-order valence-corrected chi connectivity index (χ4v) is 2.18. The second-order valence-electron chi connectivity index (χ2n) is 4.83. The van der Waals surface area contributed by atoms with Crippen molar-refractivity contribution in [2.24, 2.45) is 5.92 Å². The van der Waals surface area contributed by atoms with Crippen molar-refractivity contribution in [2.75, 3.05) is 11.9 Å². The maximum Gasteiger partial charge on any atom is 0.251 e. The van der Waals surface area contributed by atoms with Crippen LogP contribution in [-0.4, -0.2) is 18.5 Å². The smallest absolute Gasteiger partial charge is 0.251 e. The Morgan fingerprint density at radius 2 is 1.95 bits per heavy atom. The molecule has 0 aromatic heterocycles. The van der Waals surface area contributed by atoms with E-state index >= 15 is 0 Å². The molecule has 2 rings (SSSR count). The first-order valence-corrected chi connectivity index (χ1v) is 6.60. The summed E-state index contributed by atoms with van der Waals surface area (Å²) < 4.78 is 27.3. The molecule has 0 aliphatic heterocycles. The fourth-order valence-electron chi connectivity index (χ4n) is 2.18. The summed E-state index contributed by atoms with van der Waals surface area (Å²) in [6, 6.07) is 2.29. The van der Waals surface area contributed by atoms with E-state index in [0.717, 1.165) is 25.0 Å². The zero-order valence-electron chi connectivity index (χ0n) is 11.1. The second kappa shape index (κ2) is 5.55. The van der Waals surface area contributed by atoms with Crippen LogP contribution in [0.15, 0.2) is 12.1 Å². The molecule has 1 amide bonds. The molecule has 0 saturated heterocycles. The van der Waals surface area contributed by atoms with Gasteiger partial charge in [-0.05, 0) is 31.4 Å². The highest BCUT2D eigenvalue weighted by atomic mass is 19.1. The lowest BCUT2D eigenvalue weighted by molar-refractivity contribution is 0.0948. The van der Waals surface area contributed by atoms with Gasteiger partial charge in [-0.2, -0.15) is 0 Å². The Balaban J connectivity index is 2.10. The van der Waals surface area contributed by atoms with E-state index < -0.39 is 17.5 Å². The lowest BCUT2D eigenvalue weighted by Crippen LogP contribution is -2.27. The number of benzene rings is 1. The SMILES string of the molecule is CCNc1c(F)cc(C(=O)NC2CC2CC)cc1F. The van der Waals surface area contributed by atoms with Gasteiger partial charge in [-0.15, -0.1) is 0 Å². The van der Waals surface area contributed by atoms with Crippen LogP contribution in [0.2, 0.25) is 0 Å². The van der Waals surface area contributed by atoms with Crippen LogP contribution in [0.1, 0.15) is 37.0 Å². The molecule has 2 unspecified atom stereocenters. The fraction of sp³-hybridized carbons (Fsp3) is 0.500. The molecule has 3 nitrogen and oxygen atoms in total. The Morgan fingerprint density at radius 3 is 2.42 bits per heavy atom. The van der Waals surface area contributed by atoms with E-state index in [1.165, 1.54) is 0 Å². The largest absolute Gasteiger partial charge is 0.381 e. The predicted octanol–water partition coefficient (Wildman–Crippen LogP) is 2.92. The van der Waals surface area contributed by atoms with Crippen LogP contribution in [0.5, 0.6) is 0 Å². The quantitative estimate of drug-likeness (QED) is 0.862. The van der Waals surface area contributed by atoms with Crippen molar-refractivity contribution in [1.29, 1.82) is 0 Å². The molecule has 0 heterocycles. The number of carbonyl (C=O) groups is 1. The van der Waals surface area contributed by atoms with E-state index in [0.29, 0.717) is 12.5 Å². The van der Waals surface area contributed by atoms with Crippen LogP contribution in [0.3, 0.4) is 0 Å². The number of hydrogen-bond donors (Lipinski definition) is 2. The number of amides is 1. The van der Waals surface area contributed by atoms with Crippen molar-refractivity contribution in [3.05, 3.63) is 29.3 Å². The van der Waals surface area contributed by atoms with Crippen LogP contribution >= 0.6 is 0 Å². The molecule has 2 N–H and O–H groups in total. The summed E-state index contributed by atoms with van der Waals surface area (Å²) in [4.78, 5) is 11.9. The van der Waals surface area contributed by atoms with Crippen LogP contribution in [0, 0.1) is 17.6 Å². The highest BCUT2D eigenvalue weighted by molar-refractivity contribution is 5.95. The van der Waals surface area contributed by atoms with Gasteiger partial charge in [-0.3, -0.25) is 4.79 Å². The number of carbonyl (C=O) groups excluding carboxylic acids is 1. The maximum absolute atomic E-state index is 13.7. The lowest BCUT2D eigenvalue weighted by Gasteiger charge is -2.09. The molecular weight excluding hydrogens is 250 g/mol. The number of halogens is 2. The third-order valence-electron chi connectivity index (χ3n) is 3.42. The van der Waals surface area contributed by atoms with Crippen molar-refractivity contribution in [2.45, 2.75) is 32.7 Å². The van der Waals surface area contributed by atoms with Gasteiger partial charge >= 0.3 is 0 Å². The molecule has 0 bridgehead atoms. The standard InChI is InChI=1S/C14H18F2N2O/c1-3-8-7-12(8)18-14(19)9-5-10(15)13(17-4-2)11(16)6-9/h5-6,8,12,17H,3-4,7H2,1-2H3,(H,18,19). The summed E-state index contributed by atoms with van der Waals surface area (Å²) in [5.41, 5.74) is -0.157. The minimum Gasteiger partial charge on any atom is -0.381 e. The Hall–Kier alpha value is -1.65. The van der Waals surface area contributed by atoms with Gasteiger partial charge in [0.05, 0.1) is 0 Å². The molecule has 104 valence electrons. The van der Waals surface area contributed by atoms with E-state index in [9.17, 15) is 13.6 Å². The Kier molecular flexibility index (Phi) is 4.02. The van der Waals surface area contributed by atoms with Crippen LogP contribution in [0.4, 0.5) is 14.5 Å². The first-order valence-electron chi connectivity index (χ1n) is 6.60. The van der Waals surface area contributed by atoms with E-state index in [4.69, 9.17) is 0 Å². The summed E-state index contributed by atoms with van der Waals surface area (Å²) in [6.45, 7) is 4.22. The molecule has 2 atom stereocenters. The molecular formula is C14H18F2N2O. The van der Waals surface area contributed by atoms with Crippen molar-refractivity contribution >= 4 is 11.6 Å². The molecule has 19 heavy (non-hydrogen) atoms. The highest BCUT2D eigenvalue weighted by Gasteiger charge is 2.36. The first kappa shape index (κ1) is 13.8. The number of anilines is 1. The highest BCUT2D eigenvalue weighted by Crippen LogP contribution is 2.33. The van der Waals surface area contributed by atoms with Crippen molar-refractivity contribution in [3.63, 3.8) is 0 Å². The lowest BCUT2D eigenvalue weighted by atomic mass is 10.1. The number of nitrogens with one attached hydrogen (secondary N) is 2. The van der Waals surface area contributed by atoms with E-state index in [1.807, 2.05) is 0 Å². The summed E-state index contributed by atoms with van der Waals surface area (Å²) in [6.07, 6.45) is 1.95. The van der Waals surface area contributed by atoms with Gasteiger partial charge in [0.25, 0.3) is 5.91 Å². The summed E-state index contributed by atoms with van der Waals surface area (Å²) >= 11 is 0. The Bertz CT molecular complexity index is 467. The molecule has 1 saturated carbocycles. The third kappa shape index (κ3) is 3.03. The first-order chi connectivity index (χ1) is 9.06. The summed E-state index contributed by atoms with van der Waals surface area (Å²) in [7, 11) is 0. The third-order valence-corrected chi connectivity index (χ3v) is 3.42. The topological polar surface area (TPSA) is 41.1 Å². The van der Waals surface area contributed by atoms with E-state index in [1.54, 1.807) is 6.92 Å². The molecule has 1 aromatic carbocycles. The Morgan fingerprint density at radius 1 is 1.32 bits per heavy atom. The summed E-state index contributed by atoms with van der Waals surface area (Å²) in [5, 5.41) is 5.38. The summed E-state index contributed by atoms with van der Waals surface area (Å²) in [5.74, 6) is -1.40. The number of rotatable bonds is 5. The van der Waals surface area contributed by atoms with Crippen molar-refractivity contribution in [1.82, 2.24) is 5.32 Å². The zero-order chi connectivity index (χ0) is 14.0. The van der Waals surface area contributed by atoms with Crippen molar-refractivity contribution in [3.8, 4) is 0 Å². The van der Waals surface area contributed by atoms with E-state index in [-0.39, 0.29) is 17.3 Å². The van der Waals surface area contributed by atoms with Gasteiger partial charge in [0.2, 0.25) is 0 Å². The molecule has 1 aliphatic carbocycles. The van der Waals surface area contributed by atoms with Crippen molar-refractivity contribution < 1.29 is 13.6 Å². The predicted molar refractivity (Wildman–Crippen MR) is 70.2 cm³/mol. The van der Waals surface area contributed by atoms with Crippen LogP contribution in [-0.2, 0) is 0 Å². The minimum atomic E-state index is -0.741. The average Bonchev–Trinajstić information content (AvgIpc) is 3.11. The number of hydrogen-bond acceptors (Lipinski definition) is 2. The van der Waals surface area contributed by atoms with Gasteiger partial charge in [0, 0.05) is 18.2 Å². The molecule has 1 aromatic rings. The van der Waals surface area contributed by atoms with Gasteiger partial charge < -0.3 is 10.6 Å². The minimum absolute atomic E-state index is 0.0263. The van der Waals surface area contributed by atoms with Gasteiger partial charge in [0.15, 0.2) is 0 Å². The van der Waals surface area contributed by atoms with Gasteiger partial charge in [-0.1, -0.05) is 13.3 Å². The molecule has 1 aliphatic rings. The zero-order valence-corrected chi connectivity index (χ0v) is 11.1. The molecule has 0 radical (unpaired) electrons. The van der Waals surface area contributed by atoms with Crippen LogP contribution in [0.25, 0.3) is 0 Å². The monoisotopic (exact) mass is 268 g/mol. The van der Waals surface area contributed by atoms with Gasteiger partial charge in [0.1, 0.15) is 17.3 Å². The molecule has 0 spiro atoms. The maximum atomic E-state index is 13.7. The second-order valence-corrected chi connectivity index (χ2v) is 4.83.